The van der Waals surface area contributed by atoms with E-state index in [4.69, 9.17) is 0 Å². The van der Waals surface area contributed by atoms with Crippen molar-refractivity contribution >= 4 is 6.41 Å². The predicted octanol–water partition coefficient (Wildman–Crippen LogP) is 2.65. The first kappa shape index (κ1) is 10.4. The highest BCUT2D eigenvalue weighted by Gasteiger charge is 2.60. The maximum absolute atomic E-state index is 10.7. The minimum atomic E-state index is -0.109. The fraction of sp³-hybridized carbons (Fsp3) is 0.786. The van der Waals surface area contributed by atoms with E-state index >= 15 is 0 Å². The van der Waals surface area contributed by atoms with Crippen molar-refractivity contribution in [3.05, 3.63) is 11.6 Å². The lowest BCUT2D eigenvalue weighted by Gasteiger charge is -2.48. The van der Waals surface area contributed by atoms with Crippen molar-refractivity contribution in [3.63, 3.8) is 0 Å². The Morgan fingerprint density at radius 2 is 2.12 bits per heavy atom. The maximum Gasteiger partial charge on any atom is 0.207 e. The Kier molecular flexibility index (Phi) is 1.76. The summed E-state index contributed by atoms with van der Waals surface area (Å²) < 4.78 is 0. The average molecular weight is 219 g/mol. The molecule has 3 rings (SSSR count). The lowest BCUT2D eigenvalue weighted by atomic mass is 9.58. The number of amides is 1. The zero-order chi connectivity index (χ0) is 11.6. The van der Waals surface area contributed by atoms with Crippen LogP contribution in [-0.4, -0.2) is 11.9 Å². The summed E-state index contributed by atoms with van der Waals surface area (Å²) in [5.74, 6) is 0.799. The molecule has 2 bridgehead atoms. The summed E-state index contributed by atoms with van der Waals surface area (Å²) in [4.78, 5) is 10.7. The summed E-state index contributed by atoms with van der Waals surface area (Å²) >= 11 is 0. The Bertz CT molecular complexity index is 388. The zero-order valence-electron chi connectivity index (χ0n) is 10.5. The molecule has 1 N–H and O–H groups in total. The van der Waals surface area contributed by atoms with E-state index in [1.165, 1.54) is 19.3 Å². The molecule has 0 spiro atoms. The molecule has 4 unspecified atom stereocenters. The van der Waals surface area contributed by atoms with Gasteiger partial charge in [0.05, 0.1) is 5.54 Å². The Morgan fingerprint density at radius 1 is 1.38 bits per heavy atom. The molecule has 3 aliphatic carbocycles. The lowest BCUT2D eigenvalue weighted by Crippen LogP contribution is -2.46. The van der Waals surface area contributed by atoms with Crippen LogP contribution in [-0.2, 0) is 4.79 Å². The SMILES string of the molecule is CC12CC3C(=CC(C)(NC=O)C1)CC3(C)C2. The average Bonchev–Trinajstić information content (AvgIpc) is 2.24. The van der Waals surface area contributed by atoms with Crippen molar-refractivity contribution in [1.29, 1.82) is 0 Å². The molecular weight excluding hydrogens is 198 g/mol. The number of fused-ring (bicyclic) bond motifs is 1. The Labute approximate surface area is 97.5 Å². The van der Waals surface area contributed by atoms with Gasteiger partial charge in [-0.15, -0.1) is 0 Å². The lowest BCUT2D eigenvalue weighted by molar-refractivity contribution is -0.110. The van der Waals surface area contributed by atoms with Crippen LogP contribution in [0.1, 0.15) is 46.5 Å². The molecule has 2 heteroatoms. The van der Waals surface area contributed by atoms with Crippen LogP contribution >= 0.6 is 0 Å². The molecule has 4 atom stereocenters. The highest BCUT2D eigenvalue weighted by Crippen LogP contribution is 2.69. The largest absolute Gasteiger partial charge is 0.350 e. The van der Waals surface area contributed by atoms with Crippen LogP contribution < -0.4 is 5.32 Å². The number of carbonyl (C=O) groups excluding carboxylic acids is 1. The van der Waals surface area contributed by atoms with Gasteiger partial charge in [-0.05, 0) is 49.4 Å². The standard InChI is InChI=1S/C14H21NO/c1-12-6-11-10(4-13(11,2)7-12)5-14(3,8-12)15-9-16/h5,9,11H,4,6-8H2,1-3H3,(H,15,16). The van der Waals surface area contributed by atoms with Gasteiger partial charge in [0.15, 0.2) is 0 Å². The maximum atomic E-state index is 10.7. The van der Waals surface area contributed by atoms with Crippen molar-refractivity contribution in [2.24, 2.45) is 16.7 Å². The summed E-state index contributed by atoms with van der Waals surface area (Å²) in [6, 6.07) is 0. The third kappa shape index (κ3) is 1.22. The van der Waals surface area contributed by atoms with Crippen molar-refractivity contribution in [3.8, 4) is 0 Å². The highest BCUT2D eigenvalue weighted by atomic mass is 16.1. The van der Waals surface area contributed by atoms with Crippen LogP contribution in [0.15, 0.2) is 11.6 Å². The minimum absolute atomic E-state index is 0.109. The number of allylic oxidation sites excluding steroid dienone is 1. The number of hydrogen-bond acceptors (Lipinski definition) is 1. The molecule has 88 valence electrons. The number of carbonyl (C=O) groups is 1. The van der Waals surface area contributed by atoms with Crippen molar-refractivity contribution in [1.82, 2.24) is 5.32 Å². The molecule has 0 radical (unpaired) electrons. The van der Waals surface area contributed by atoms with E-state index in [0.29, 0.717) is 10.8 Å². The van der Waals surface area contributed by atoms with Crippen LogP contribution in [0.25, 0.3) is 0 Å². The molecule has 0 aliphatic heterocycles. The van der Waals surface area contributed by atoms with E-state index in [1.54, 1.807) is 5.57 Å². The Morgan fingerprint density at radius 3 is 2.81 bits per heavy atom. The van der Waals surface area contributed by atoms with E-state index in [1.807, 2.05) is 0 Å². The number of nitrogens with one attached hydrogen (secondary N) is 1. The summed E-state index contributed by atoms with van der Waals surface area (Å²) in [6.45, 7) is 7.00. The smallest absolute Gasteiger partial charge is 0.207 e. The number of rotatable bonds is 2. The molecule has 0 aromatic heterocycles. The first-order valence-corrected chi connectivity index (χ1v) is 6.31. The van der Waals surface area contributed by atoms with E-state index in [2.05, 4.69) is 32.2 Å². The van der Waals surface area contributed by atoms with Gasteiger partial charge in [0.2, 0.25) is 6.41 Å². The van der Waals surface area contributed by atoms with Crippen LogP contribution in [0.5, 0.6) is 0 Å². The van der Waals surface area contributed by atoms with Crippen LogP contribution in [0.4, 0.5) is 0 Å². The van der Waals surface area contributed by atoms with E-state index in [0.717, 1.165) is 18.7 Å². The van der Waals surface area contributed by atoms with Gasteiger partial charge in [0.1, 0.15) is 0 Å². The van der Waals surface area contributed by atoms with Crippen LogP contribution in [0, 0.1) is 16.7 Å². The molecule has 2 nitrogen and oxygen atoms in total. The molecule has 0 aromatic carbocycles. The van der Waals surface area contributed by atoms with Gasteiger partial charge < -0.3 is 5.32 Å². The van der Waals surface area contributed by atoms with E-state index < -0.39 is 0 Å². The first-order chi connectivity index (χ1) is 7.38. The fourth-order valence-electron chi connectivity index (χ4n) is 4.99. The highest BCUT2D eigenvalue weighted by molar-refractivity contribution is 5.50. The summed E-state index contributed by atoms with van der Waals surface area (Å²) in [7, 11) is 0. The third-order valence-corrected chi connectivity index (χ3v) is 5.11. The van der Waals surface area contributed by atoms with Crippen molar-refractivity contribution < 1.29 is 4.79 Å². The Hall–Kier alpha value is -0.790. The van der Waals surface area contributed by atoms with Gasteiger partial charge in [-0.1, -0.05) is 25.5 Å². The van der Waals surface area contributed by atoms with E-state index in [-0.39, 0.29) is 5.54 Å². The quantitative estimate of drug-likeness (QED) is 0.561. The normalized spacial score (nSPS) is 53.7. The molecule has 16 heavy (non-hydrogen) atoms. The second kappa shape index (κ2) is 2.72. The second-order valence-electron chi connectivity index (χ2n) is 7.15. The molecule has 0 saturated heterocycles. The van der Waals surface area contributed by atoms with Gasteiger partial charge >= 0.3 is 0 Å². The van der Waals surface area contributed by atoms with E-state index in [9.17, 15) is 4.79 Å². The molecular formula is C14H21NO. The number of hydrogen-bond donors (Lipinski definition) is 1. The molecule has 0 aromatic rings. The second-order valence-corrected chi connectivity index (χ2v) is 7.15. The van der Waals surface area contributed by atoms with Crippen LogP contribution in [0.3, 0.4) is 0 Å². The van der Waals surface area contributed by atoms with Crippen molar-refractivity contribution in [2.45, 2.75) is 52.0 Å². The summed E-state index contributed by atoms with van der Waals surface area (Å²) in [5, 5.41) is 3.02. The summed E-state index contributed by atoms with van der Waals surface area (Å²) in [6.07, 6.45) is 8.21. The topological polar surface area (TPSA) is 29.1 Å². The minimum Gasteiger partial charge on any atom is -0.350 e. The third-order valence-electron chi connectivity index (χ3n) is 5.11. The van der Waals surface area contributed by atoms with Gasteiger partial charge in [-0.25, -0.2) is 0 Å². The molecule has 2 fully saturated rings. The summed E-state index contributed by atoms with van der Waals surface area (Å²) in [5.41, 5.74) is 2.48. The monoisotopic (exact) mass is 219 g/mol. The molecule has 0 heterocycles. The molecule has 3 aliphatic rings. The zero-order valence-corrected chi connectivity index (χ0v) is 10.5. The van der Waals surface area contributed by atoms with Gasteiger partial charge in [0.25, 0.3) is 0 Å². The molecule has 2 saturated carbocycles. The van der Waals surface area contributed by atoms with Gasteiger partial charge in [-0.2, -0.15) is 0 Å². The van der Waals surface area contributed by atoms with Crippen molar-refractivity contribution in [2.75, 3.05) is 0 Å². The first-order valence-electron chi connectivity index (χ1n) is 6.31. The fourth-order valence-corrected chi connectivity index (χ4v) is 4.99. The van der Waals surface area contributed by atoms with Crippen LogP contribution in [0.2, 0.25) is 0 Å². The predicted molar refractivity (Wildman–Crippen MR) is 63.9 cm³/mol. The molecule has 1 amide bonds. The van der Waals surface area contributed by atoms with Gasteiger partial charge in [0, 0.05) is 0 Å². The van der Waals surface area contributed by atoms with Gasteiger partial charge in [-0.3, -0.25) is 4.79 Å². The Balaban J connectivity index is 2.00.